The van der Waals surface area contributed by atoms with Gasteiger partial charge in [0.15, 0.2) is 0 Å². The highest BCUT2D eigenvalue weighted by Crippen LogP contribution is 2.45. The minimum absolute atomic E-state index is 0.165. The van der Waals surface area contributed by atoms with Gasteiger partial charge in [-0.05, 0) is 56.0 Å². The normalized spacial score (nSPS) is 19.2. The number of nitriles is 1. The molecule has 27 heavy (non-hydrogen) atoms. The Kier molecular flexibility index (Phi) is 5.00. The number of fused-ring (bicyclic) bond motifs is 4. The molecule has 1 fully saturated rings. The van der Waals surface area contributed by atoms with Gasteiger partial charge < -0.3 is 14.8 Å². The van der Waals surface area contributed by atoms with Gasteiger partial charge in [0, 0.05) is 54.0 Å². The van der Waals surface area contributed by atoms with Crippen LogP contribution in [0.25, 0.3) is 10.9 Å². The molecule has 2 aromatic rings. The van der Waals surface area contributed by atoms with Crippen molar-refractivity contribution in [1.82, 2.24) is 14.8 Å². The first-order valence-electron chi connectivity index (χ1n) is 9.73. The Hall–Kier alpha value is -1.84. The molecule has 6 heteroatoms. The second-order valence-corrected chi connectivity index (χ2v) is 8.64. The van der Waals surface area contributed by atoms with Gasteiger partial charge in [-0.3, -0.25) is 4.79 Å². The highest BCUT2D eigenvalue weighted by Gasteiger charge is 2.47. The van der Waals surface area contributed by atoms with E-state index in [1.165, 1.54) is 16.6 Å². The summed E-state index contributed by atoms with van der Waals surface area (Å²) < 4.78 is 1.09. The zero-order valence-electron chi connectivity index (χ0n) is 15.7. The SMILES string of the molecule is CC(=O)N1CCc2c([nH]c3ccc(Br)cc23)C12CCN(CCCC#N)CC2. The number of nitrogens with zero attached hydrogens (tertiary/aromatic N) is 3. The van der Waals surface area contributed by atoms with Crippen molar-refractivity contribution in [2.45, 2.75) is 44.6 Å². The molecule has 1 spiro atoms. The molecule has 1 aromatic heterocycles. The molecule has 1 amide bonds. The van der Waals surface area contributed by atoms with E-state index >= 15 is 0 Å². The summed E-state index contributed by atoms with van der Waals surface area (Å²) in [6.07, 6.45) is 4.33. The van der Waals surface area contributed by atoms with Gasteiger partial charge in [0.2, 0.25) is 5.91 Å². The molecule has 2 aliphatic heterocycles. The van der Waals surface area contributed by atoms with Gasteiger partial charge >= 0.3 is 0 Å². The van der Waals surface area contributed by atoms with Gasteiger partial charge in [-0.15, -0.1) is 0 Å². The molecule has 1 aromatic carbocycles. The summed E-state index contributed by atoms with van der Waals surface area (Å²) in [5, 5.41) is 10.0. The Bertz CT molecular complexity index is 905. The molecule has 0 radical (unpaired) electrons. The number of rotatable bonds is 3. The van der Waals surface area contributed by atoms with Crippen LogP contribution in [0.1, 0.15) is 43.9 Å². The number of carbonyl (C=O) groups excluding carboxylic acids is 1. The number of amides is 1. The molecule has 0 saturated carbocycles. The van der Waals surface area contributed by atoms with Crippen LogP contribution in [0.5, 0.6) is 0 Å². The van der Waals surface area contributed by atoms with Crippen LogP contribution in [0.4, 0.5) is 0 Å². The number of H-pyrrole nitrogens is 1. The van der Waals surface area contributed by atoms with Crippen molar-refractivity contribution in [2.75, 3.05) is 26.2 Å². The van der Waals surface area contributed by atoms with Gasteiger partial charge in [0.05, 0.1) is 11.6 Å². The Morgan fingerprint density at radius 1 is 1.33 bits per heavy atom. The maximum absolute atomic E-state index is 12.5. The molecule has 1 saturated heterocycles. The predicted molar refractivity (Wildman–Crippen MR) is 109 cm³/mol. The number of aromatic nitrogens is 1. The third kappa shape index (κ3) is 3.17. The fourth-order valence-corrected chi connectivity index (χ4v) is 5.32. The molecule has 0 unspecified atom stereocenters. The van der Waals surface area contributed by atoms with Crippen molar-refractivity contribution < 1.29 is 4.79 Å². The molecule has 0 bridgehead atoms. The van der Waals surface area contributed by atoms with E-state index < -0.39 is 0 Å². The number of carbonyl (C=O) groups is 1. The summed E-state index contributed by atoms with van der Waals surface area (Å²) >= 11 is 3.60. The van der Waals surface area contributed by atoms with Crippen molar-refractivity contribution in [2.24, 2.45) is 0 Å². The largest absolute Gasteiger partial charge is 0.356 e. The van der Waals surface area contributed by atoms with Crippen molar-refractivity contribution in [3.05, 3.63) is 33.9 Å². The molecule has 4 rings (SSSR count). The number of nitrogens with one attached hydrogen (secondary N) is 1. The van der Waals surface area contributed by atoms with Gasteiger partial charge in [0.1, 0.15) is 0 Å². The van der Waals surface area contributed by atoms with E-state index in [1.807, 2.05) is 0 Å². The molecular weight excluding hydrogens is 404 g/mol. The van der Waals surface area contributed by atoms with Crippen LogP contribution in [0.2, 0.25) is 0 Å². The van der Waals surface area contributed by atoms with Crippen molar-refractivity contribution in [3.8, 4) is 6.07 Å². The van der Waals surface area contributed by atoms with Gasteiger partial charge in [-0.1, -0.05) is 15.9 Å². The maximum Gasteiger partial charge on any atom is 0.220 e. The molecule has 142 valence electrons. The zero-order valence-corrected chi connectivity index (χ0v) is 17.3. The van der Waals surface area contributed by atoms with E-state index in [9.17, 15) is 4.79 Å². The van der Waals surface area contributed by atoms with Crippen LogP contribution in [0.15, 0.2) is 22.7 Å². The summed E-state index contributed by atoms with van der Waals surface area (Å²) in [6.45, 7) is 5.39. The summed E-state index contributed by atoms with van der Waals surface area (Å²) in [5.41, 5.74) is 3.55. The molecule has 1 N–H and O–H groups in total. The molecular formula is C21H25BrN4O. The van der Waals surface area contributed by atoms with Crippen LogP contribution in [0, 0.1) is 11.3 Å². The Balaban J connectivity index is 1.69. The topological polar surface area (TPSA) is 63.1 Å². The van der Waals surface area contributed by atoms with Gasteiger partial charge in [-0.2, -0.15) is 5.26 Å². The Morgan fingerprint density at radius 3 is 2.81 bits per heavy atom. The molecule has 5 nitrogen and oxygen atoms in total. The standard InChI is InChI=1S/C21H25BrN4O/c1-15(27)26-11-6-17-18-14-16(22)4-5-19(18)24-20(17)21(26)7-12-25(13-8-21)10-3-2-9-23/h4-5,14,24H,2-3,6-8,10-13H2,1H3. The maximum atomic E-state index is 12.5. The molecule has 3 heterocycles. The third-order valence-corrected chi connectivity index (χ3v) is 6.76. The first kappa shape index (κ1) is 18.5. The number of hydrogen-bond donors (Lipinski definition) is 1. The number of likely N-dealkylation sites (tertiary alicyclic amines) is 1. The van der Waals surface area contributed by atoms with Crippen molar-refractivity contribution in [3.63, 3.8) is 0 Å². The molecule has 0 aliphatic carbocycles. The van der Waals surface area contributed by atoms with Crippen LogP contribution in [-0.4, -0.2) is 46.9 Å². The third-order valence-electron chi connectivity index (χ3n) is 6.26. The Labute approximate surface area is 168 Å². The number of aromatic amines is 1. The lowest BCUT2D eigenvalue weighted by Crippen LogP contribution is -2.57. The highest BCUT2D eigenvalue weighted by molar-refractivity contribution is 9.10. The first-order chi connectivity index (χ1) is 13.0. The number of hydrogen-bond acceptors (Lipinski definition) is 3. The van der Waals surface area contributed by atoms with Crippen LogP contribution in [0.3, 0.4) is 0 Å². The quantitative estimate of drug-likeness (QED) is 0.753. The fraction of sp³-hybridized carbons (Fsp3) is 0.524. The van der Waals surface area contributed by atoms with Crippen molar-refractivity contribution >= 4 is 32.7 Å². The van der Waals surface area contributed by atoms with Crippen LogP contribution >= 0.6 is 15.9 Å². The molecule has 0 atom stereocenters. The summed E-state index contributed by atoms with van der Waals surface area (Å²) in [6, 6.07) is 8.62. The predicted octanol–water partition coefficient (Wildman–Crippen LogP) is 3.93. The minimum Gasteiger partial charge on any atom is -0.356 e. The van der Waals surface area contributed by atoms with Crippen LogP contribution in [-0.2, 0) is 16.8 Å². The smallest absolute Gasteiger partial charge is 0.220 e. The van der Waals surface area contributed by atoms with E-state index in [0.717, 1.165) is 61.9 Å². The second kappa shape index (κ2) is 7.29. The second-order valence-electron chi connectivity index (χ2n) is 7.72. The van der Waals surface area contributed by atoms with E-state index in [4.69, 9.17) is 5.26 Å². The average Bonchev–Trinajstić information content (AvgIpc) is 3.03. The monoisotopic (exact) mass is 428 g/mol. The lowest BCUT2D eigenvalue weighted by atomic mass is 9.77. The van der Waals surface area contributed by atoms with Crippen LogP contribution < -0.4 is 0 Å². The average molecular weight is 429 g/mol. The lowest BCUT2D eigenvalue weighted by Gasteiger charge is -2.51. The van der Waals surface area contributed by atoms with E-state index in [2.05, 4.69) is 55.0 Å². The van der Waals surface area contributed by atoms with Gasteiger partial charge in [-0.25, -0.2) is 0 Å². The summed E-state index contributed by atoms with van der Waals surface area (Å²) in [5.74, 6) is 0.165. The lowest BCUT2D eigenvalue weighted by molar-refractivity contribution is -0.139. The zero-order chi connectivity index (χ0) is 19.0. The summed E-state index contributed by atoms with van der Waals surface area (Å²) in [7, 11) is 0. The van der Waals surface area contributed by atoms with Crippen molar-refractivity contribution in [1.29, 1.82) is 5.26 Å². The van der Waals surface area contributed by atoms with E-state index in [0.29, 0.717) is 6.42 Å². The van der Waals surface area contributed by atoms with Gasteiger partial charge in [0.25, 0.3) is 0 Å². The Morgan fingerprint density at radius 2 is 2.11 bits per heavy atom. The fourth-order valence-electron chi connectivity index (χ4n) is 4.96. The number of unbranched alkanes of at least 4 members (excludes halogenated alkanes) is 1. The summed E-state index contributed by atoms with van der Waals surface area (Å²) in [4.78, 5) is 20.7. The highest BCUT2D eigenvalue weighted by atomic mass is 79.9. The first-order valence-corrected chi connectivity index (χ1v) is 10.5. The molecule has 2 aliphatic rings. The van der Waals surface area contributed by atoms with E-state index in [-0.39, 0.29) is 11.4 Å². The van der Waals surface area contributed by atoms with E-state index in [1.54, 1.807) is 6.92 Å². The number of piperidine rings is 1. The minimum atomic E-state index is -0.226. The number of halogens is 1. The number of benzene rings is 1.